The minimum atomic E-state index is -0.714. The van der Waals surface area contributed by atoms with Crippen LogP contribution in [-0.4, -0.2) is 69.0 Å². The van der Waals surface area contributed by atoms with Gasteiger partial charge in [-0.15, -0.1) is 0 Å². The highest BCUT2D eigenvalue weighted by molar-refractivity contribution is 5.77. The predicted molar refractivity (Wildman–Crippen MR) is 136 cm³/mol. The first-order valence-corrected chi connectivity index (χ1v) is 13.2. The summed E-state index contributed by atoms with van der Waals surface area (Å²) in [5, 5.41) is 14.2. The summed E-state index contributed by atoms with van der Waals surface area (Å²) in [6.07, 6.45) is 11.9. The Morgan fingerprint density at radius 1 is 0.647 bits per heavy atom. The smallest absolute Gasteiger partial charge is 0.303 e. The molecule has 0 saturated heterocycles. The van der Waals surface area contributed by atoms with E-state index < -0.39 is 5.97 Å². The Morgan fingerprint density at radius 3 is 1.82 bits per heavy atom. The monoisotopic (exact) mass is 489 g/mol. The van der Waals surface area contributed by atoms with E-state index in [4.69, 9.17) is 20.3 Å². The SMILES string of the molecule is CC.NCCCCCC(=O)NCCOCCOCC(=O)NCCCCCCCCCCC(=O)O. The molecule has 0 aliphatic rings. The second-order valence-corrected chi connectivity index (χ2v) is 7.94. The summed E-state index contributed by atoms with van der Waals surface area (Å²) in [5.41, 5.74) is 5.41. The second-order valence-electron chi connectivity index (χ2n) is 7.94. The average molecular weight is 490 g/mol. The zero-order chi connectivity index (χ0) is 25.7. The van der Waals surface area contributed by atoms with Crippen molar-refractivity contribution >= 4 is 17.8 Å². The maximum absolute atomic E-state index is 11.7. The molecule has 0 bridgehead atoms. The molecule has 0 fully saturated rings. The number of ether oxygens (including phenoxy) is 2. The molecule has 0 saturated carbocycles. The van der Waals surface area contributed by atoms with Crippen molar-refractivity contribution in [3.63, 3.8) is 0 Å². The molecule has 0 rings (SSSR count). The van der Waals surface area contributed by atoms with Gasteiger partial charge < -0.3 is 30.9 Å². The average Bonchev–Trinajstić information content (AvgIpc) is 2.83. The van der Waals surface area contributed by atoms with Crippen LogP contribution in [0.2, 0.25) is 0 Å². The molecule has 0 atom stereocenters. The van der Waals surface area contributed by atoms with Crippen LogP contribution in [0.4, 0.5) is 0 Å². The number of carbonyl (C=O) groups is 3. The fourth-order valence-electron chi connectivity index (χ4n) is 3.08. The number of unbranched alkanes of at least 4 members (excludes halogenated alkanes) is 9. The van der Waals surface area contributed by atoms with E-state index in [-0.39, 0.29) is 24.8 Å². The van der Waals surface area contributed by atoms with Crippen LogP contribution in [0.15, 0.2) is 0 Å². The van der Waals surface area contributed by atoms with Gasteiger partial charge in [-0.1, -0.05) is 58.8 Å². The third kappa shape index (κ3) is 30.3. The molecule has 34 heavy (non-hydrogen) atoms. The number of aliphatic carboxylic acids is 1. The van der Waals surface area contributed by atoms with E-state index in [1.807, 2.05) is 13.8 Å². The van der Waals surface area contributed by atoms with Gasteiger partial charge in [-0.05, 0) is 32.2 Å². The number of carboxylic acids is 1. The molecule has 0 aliphatic heterocycles. The van der Waals surface area contributed by atoms with E-state index >= 15 is 0 Å². The Hall–Kier alpha value is -1.71. The zero-order valence-electron chi connectivity index (χ0n) is 21.7. The third-order valence-corrected chi connectivity index (χ3v) is 4.92. The second kappa shape index (κ2) is 29.3. The van der Waals surface area contributed by atoms with Gasteiger partial charge in [0.1, 0.15) is 6.61 Å². The molecule has 9 heteroatoms. The predicted octanol–water partition coefficient (Wildman–Crippen LogP) is 3.39. The Kier molecular flexibility index (Phi) is 29.7. The van der Waals surface area contributed by atoms with Crippen LogP contribution in [0, 0.1) is 0 Å². The molecule has 2 amide bonds. The van der Waals surface area contributed by atoms with Crippen molar-refractivity contribution in [2.45, 2.75) is 97.3 Å². The fraction of sp³-hybridized carbons (Fsp3) is 0.880. The molecule has 0 aromatic heterocycles. The maximum Gasteiger partial charge on any atom is 0.303 e. The van der Waals surface area contributed by atoms with Crippen molar-refractivity contribution in [2.75, 3.05) is 46.1 Å². The molecule has 202 valence electrons. The molecule has 5 N–H and O–H groups in total. The van der Waals surface area contributed by atoms with Gasteiger partial charge in [0.05, 0.1) is 19.8 Å². The molecule has 0 heterocycles. The molecule has 0 spiro atoms. The normalized spacial score (nSPS) is 10.3. The topological polar surface area (TPSA) is 140 Å². The van der Waals surface area contributed by atoms with E-state index in [0.717, 1.165) is 70.6 Å². The zero-order valence-corrected chi connectivity index (χ0v) is 21.7. The van der Waals surface area contributed by atoms with Gasteiger partial charge in [0.15, 0.2) is 0 Å². The van der Waals surface area contributed by atoms with E-state index in [1.54, 1.807) is 0 Å². The van der Waals surface area contributed by atoms with E-state index in [9.17, 15) is 14.4 Å². The summed E-state index contributed by atoms with van der Waals surface area (Å²) >= 11 is 0. The minimum absolute atomic E-state index is 0.0270. The summed E-state index contributed by atoms with van der Waals surface area (Å²) in [7, 11) is 0. The van der Waals surface area contributed by atoms with Gasteiger partial charge in [0.25, 0.3) is 0 Å². The largest absolute Gasteiger partial charge is 0.481 e. The highest BCUT2D eigenvalue weighted by Crippen LogP contribution is 2.09. The molecule has 0 aromatic rings. The summed E-state index contributed by atoms with van der Waals surface area (Å²) in [6, 6.07) is 0. The Labute approximate surface area is 206 Å². The van der Waals surface area contributed by atoms with Crippen molar-refractivity contribution in [1.82, 2.24) is 10.6 Å². The minimum Gasteiger partial charge on any atom is -0.481 e. The molecule has 0 aliphatic carbocycles. The van der Waals surface area contributed by atoms with E-state index in [1.165, 1.54) is 0 Å². The number of rotatable bonds is 24. The number of nitrogens with one attached hydrogen (secondary N) is 2. The molecule has 0 aromatic carbocycles. The first-order valence-electron chi connectivity index (χ1n) is 13.2. The maximum atomic E-state index is 11.7. The highest BCUT2D eigenvalue weighted by Gasteiger charge is 2.02. The Bertz CT molecular complexity index is 478. The van der Waals surface area contributed by atoms with Crippen LogP contribution in [0.1, 0.15) is 97.3 Å². The summed E-state index contributed by atoms with van der Waals surface area (Å²) in [6.45, 7) is 6.97. The van der Waals surface area contributed by atoms with Gasteiger partial charge in [-0.2, -0.15) is 0 Å². The van der Waals surface area contributed by atoms with E-state index in [0.29, 0.717) is 45.9 Å². The lowest BCUT2D eigenvalue weighted by atomic mass is 10.1. The molecular formula is C25H51N3O6. The van der Waals surface area contributed by atoms with Crippen molar-refractivity contribution in [2.24, 2.45) is 5.73 Å². The van der Waals surface area contributed by atoms with Crippen molar-refractivity contribution in [3.8, 4) is 0 Å². The van der Waals surface area contributed by atoms with Gasteiger partial charge in [-0.3, -0.25) is 14.4 Å². The van der Waals surface area contributed by atoms with Crippen LogP contribution in [0.25, 0.3) is 0 Å². The Morgan fingerprint density at radius 2 is 1.18 bits per heavy atom. The number of amides is 2. The van der Waals surface area contributed by atoms with Crippen LogP contribution in [0.3, 0.4) is 0 Å². The quantitative estimate of drug-likeness (QED) is 0.152. The summed E-state index contributed by atoms with van der Waals surface area (Å²) in [5.74, 6) is -0.801. The molecular weight excluding hydrogens is 438 g/mol. The number of carboxylic acid groups (broad SMARTS) is 1. The Balaban J connectivity index is 0. The lowest BCUT2D eigenvalue weighted by Crippen LogP contribution is -2.29. The summed E-state index contributed by atoms with van der Waals surface area (Å²) in [4.78, 5) is 33.7. The number of hydrogen-bond acceptors (Lipinski definition) is 6. The van der Waals surface area contributed by atoms with Gasteiger partial charge >= 0.3 is 5.97 Å². The fourth-order valence-corrected chi connectivity index (χ4v) is 3.08. The number of nitrogens with two attached hydrogens (primary N) is 1. The number of hydrogen-bond donors (Lipinski definition) is 4. The standard InChI is InChI=1S/C23H45N3O6.C2H6/c24-14-10-7-8-12-21(27)26-16-17-31-18-19-32-20-22(28)25-15-11-6-4-2-1-3-5-9-13-23(29)30;1-2/h1-20,24H2,(H,25,28)(H,26,27)(H,29,30);1-2H3. The molecule has 9 nitrogen and oxygen atoms in total. The van der Waals surface area contributed by atoms with Gasteiger partial charge in [-0.25, -0.2) is 0 Å². The van der Waals surface area contributed by atoms with Crippen LogP contribution in [-0.2, 0) is 23.9 Å². The van der Waals surface area contributed by atoms with Gasteiger partial charge in [0.2, 0.25) is 11.8 Å². The lowest BCUT2D eigenvalue weighted by Gasteiger charge is -2.08. The van der Waals surface area contributed by atoms with Crippen molar-refractivity contribution < 1.29 is 29.0 Å². The van der Waals surface area contributed by atoms with Crippen LogP contribution in [0.5, 0.6) is 0 Å². The van der Waals surface area contributed by atoms with Crippen molar-refractivity contribution in [3.05, 3.63) is 0 Å². The lowest BCUT2D eigenvalue weighted by molar-refractivity contribution is -0.137. The van der Waals surface area contributed by atoms with Crippen LogP contribution >= 0.6 is 0 Å². The highest BCUT2D eigenvalue weighted by atomic mass is 16.5. The molecule has 0 radical (unpaired) electrons. The first-order chi connectivity index (χ1) is 16.6. The first kappa shape index (κ1) is 34.5. The van der Waals surface area contributed by atoms with Crippen molar-refractivity contribution in [1.29, 1.82) is 0 Å². The molecule has 0 unspecified atom stereocenters. The third-order valence-electron chi connectivity index (χ3n) is 4.92. The van der Waals surface area contributed by atoms with Crippen LogP contribution < -0.4 is 16.4 Å². The summed E-state index contributed by atoms with van der Waals surface area (Å²) < 4.78 is 10.7. The van der Waals surface area contributed by atoms with E-state index in [2.05, 4.69) is 10.6 Å². The number of carbonyl (C=O) groups excluding carboxylic acids is 2. The van der Waals surface area contributed by atoms with Gasteiger partial charge in [0, 0.05) is 25.9 Å².